The Kier molecular flexibility index (Phi) is 1.74. The fourth-order valence-corrected chi connectivity index (χ4v) is 2.86. The molecule has 2 saturated carbocycles. The zero-order valence-corrected chi connectivity index (χ0v) is 7.18. The van der Waals surface area contributed by atoms with Gasteiger partial charge in [-0.1, -0.05) is 19.8 Å². The lowest BCUT2D eigenvalue weighted by atomic mass is 9.75. The zero-order chi connectivity index (χ0) is 7.84. The molecule has 0 spiro atoms. The van der Waals surface area contributed by atoms with Crippen molar-refractivity contribution < 1.29 is 4.79 Å². The molecule has 0 N–H and O–H groups in total. The van der Waals surface area contributed by atoms with Crippen LogP contribution in [0.2, 0.25) is 0 Å². The lowest BCUT2D eigenvalue weighted by molar-refractivity contribution is -0.122. The first kappa shape index (κ1) is 7.33. The molecule has 62 valence electrons. The molecule has 3 atom stereocenters. The molecule has 1 heteroatoms. The van der Waals surface area contributed by atoms with Crippen LogP contribution in [0.1, 0.15) is 39.0 Å². The number of ketones is 1. The van der Waals surface area contributed by atoms with Crippen molar-refractivity contribution >= 4 is 5.78 Å². The first-order valence-corrected chi connectivity index (χ1v) is 4.82. The molecule has 1 nitrogen and oxygen atoms in total. The molecule has 0 saturated heterocycles. The summed E-state index contributed by atoms with van der Waals surface area (Å²) in [6.07, 6.45) is 5.89. The van der Waals surface area contributed by atoms with Gasteiger partial charge in [-0.25, -0.2) is 0 Å². The summed E-state index contributed by atoms with van der Waals surface area (Å²) in [6, 6.07) is 0. The van der Waals surface area contributed by atoms with E-state index in [0.29, 0.717) is 11.7 Å². The maximum atomic E-state index is 11.4. The van der Waals surface area contributed by atoms with Crippen molar-refractivity contribution in [3.8, 4) is 0 Å². The van der Waals surface area contributed by atoms with Gasteiger partial charge in [-0.2, -0.15) is 0 Å². The third-order valence-corrected chi connectivity index (χ3v) is 3.56. The van der Waals surface area contributed by atoms with Crippen LogP contribution < -0.4 is 0 Å². The van der Waals surface area contributed by atoms with Crippen molar-refractivity contribution in [3.63, 3.8) is 0 Å². The number of carbonyl (C=O) groups excluding carboxylic acids is 1. The van der Waals surface area contributed by atoms with Crippen molar-refractivity contribution in [2.75, 3.05) is 0 Å². The molecule has 2 rings (SSSR count). The molecule has 0 bridgehead atoms. The van der Waals surface area contributed by atoms with E-state index in [4.69, 9.17) is 0 Å². The van der Waals surface area contributed by atoms with Crippen molar-refractivity contribution in [2.45, 2.75) is 39.0 Å². The maximum absolute atomic E-state index is 11.4. The molecule has 2 aliphatic rings. The zero-order valence-electron chi connectivity index (χ0n) is 7.18. The molecule has 0 aliphatic heterocycles. The highest BCUT2D eigenvalue weighted by atomic mass is 16.1. The van der Waals surface area contributed by atoms with Gasteiger partial charge < -0.3 is 0 Å². The topological polar surface area (TPSA) is 17.1 Å². The third kappa shape index (κ3) is 1.11. The van der Waals surface area contributed by atoms with Gasteiger partial charge in [0, 0.05) is 12.3 Å². The smallest absolute Gasteiger partial charge is 0.136 e. The van der Waals surface area contributed by atoms with Crippen LogP contribution in [0.15, 0.2) is 0 Å². The summed E-state index contributed by atoms with van der Waals surface area (Å²) in [5, 5.41) is 0. The first-order chi connectivity index (χ1) is 5.29. The van der Waals surface area contributed by atoms with Crippen LogP contribution in [0, 0.1) is 17.8 Å². The van der Waals surface area contributed by atoms with E-state index in [1.54, 1.807) is 0 Å². The molecule has 0 heterocycles. The fourth-order valence-electron chi connectivity index (χ4n) is 2.86. The Morgan fingerprint density at radius 1 is 1.27 bits per heavy atom. The number of Topliss-reactive ketones (excluding diaryl/α,β-unsaturated/α-hetero) is 1. The molecular formula is C10H16O. The van der Waals surface area contributed by atoms with E-state index in [0.717, 1.165) is 18.3 Å². The van der Waals surface area contributed by atoms with Crippen LogP contribution >= 0.6 is 0 Å². The van der Waals surface area contributed by atoms with Crippen molar-refractivity contribution in [3.05, 3.63) is 0 Å². The van der Waals surface area contributed by atoms with Crippen LogP contribution in [0.4, 0.5) is 0 Å². The molecule has 0 aromatic carbocycles. The van der Waals surface area contributed by atoms with E-state index < -0.39 is 0 Å². The van der Waals surface area contributed by atoms with Crippen LogP contribution in [-0.4, -0.2) is 5.78 Å². The summed E-state index contributed by atoms with van der Waals surface area (Å²) < 4.78 is 0. The molecule has 11 heavy (non-hydrogen) atoms. The second kappa shape index (κ2) is 2.62. The lowest BCUT2D eigenvalue weighted by Crippen LogP contribution is -2.25. The summed E-state index contributed by atoms with van der Waals surface area (Å²) in [5.41, 5.74) is 0. The van der Waals surface area contributed by atoms with Gasteiger partial charge in [0.1, 0.15) is 5.78 Å². The SMILES string of the molecule is C[C@@H]1CCC[C@H]2C(=O)CC[C@@H]12. The van der Waals surface area contributed by atoms with Crippen molar-refractivity contribution in [2.24, 2.45) is 17.8 Å². The Balaban J connectivity index is 2.12. The van der Waals surface area contributed by atoms with E-state index in [1.165, 1.54) is 25.7 Å². The Labute approximate surface area is 68.2 Å². The summed E-state index contributed by atoms with van der Waals surface area (Å²) >= 11 is 0. The van der Waals surface area contributed by atoms with Gasteiger partial charge in [-0.15, -0.1) is 0 Å². The van der Waals surface area contributed by atoms with Crippen LogP contribution in [0.25, 0.3) is 0 Å². The van der Waals surface area contributed by atoms with Gasteiger partial charge >= 0.3 is 0 Å². The van der Waals surface area contributed by atoms with E-state index in [1.807, 2.05) is 0 Å². The van der Waals surface area contributed by atoms with Crippen molar-refractivity contribution in [1.29, 1.82) is 0 Å². The molecule has 2 aliphatic carbocycles. The maximum Gasteiger partial charge on any atom is 0.136 e. The minimum absolute atomic E-state index is 0.471. The first-order valence-electron chi connectivity index (χ1n) is 4.82. The minimum Gasteiger partial charge on any atom is -0.299 e. The average Bonchev–Trinajstić information content (AvgIpc) is 2.35. The largest absolute Gasteiger partial charge is 0.299 e. The van der Waals surface area contributed by atoms with Gasteiger partial charge in [0.05, 0.1) is 0 Å². The molecule has 0 aromatic heterocycles. The normalized spacial score (nSPS) is 44.1. The summed E-state index contributed by atoms with van der Waals surface area (Å²) in [6.45, 7) is 2.31. The highest BCUT2D eigenvalue weighted by Crippen LogP contribution is 2.43. The Morgan fingerprint density at radius 2 is 2.09 bits per heavy atom. The van der Waals surface area contributed by atoms with Gasteiger partial charge in [-0.3, -0.25) is 4.79 Å². The number of hydrogen-bond acceptors (Lipinski definition) is 1. The second-order valence-corrected chi connectivity index (χ2v) is 4.18. The standard InChI is InChI=1S/C10H16O/c1-7-3-2-4-9-8(7)5-6-10(9)11/h7-9H,2-6H2,1H3/t7-,8+,9-/m1/s1. The Morgan fingerprint density at radius 3 is 2.82 bits per heavy atom. The predicted molar refractivity (Wildman–Crippen MR) is 44.2 cm³/mol. The predicted octanol–water partition coefficient (Wildman–Crippen LogP) is 2.40. The van der Waals surface area contributed by atoms with Gasteiger partial charge in [-0.05, 0) is 24.7 Å². The monoisotopic (exact) mass is 152 g/mol. The van der Waals surface area contributed by atoms with E-state index in [-0.39, 0.29) is 0 Å². The summed E-state index contributed by atoms with van der Waals surface area (Å²) in [7, 11) is 0. The Bertz CT molecular complexity index is 174. The fraction of sp³-hybridized carbons (Fsp3) is 0.900. The van der Waals surface area contributed by atoms with Gasteiger partial charge in [0.15, 0.2) is 0 Å². The average molecular weight is 152 g/mol. The number of fused-ring (bicyclic) bond motifs is 1. The molecular weight excluding hydrogens is 136 g/mol. The second-order valence-electron chi connectivity index (χ2n) is 4.18. The molecule has 2 fully saturated rings. The number of carbonyl (C=O) groups is 1. The van der Waals surface area contributed by atoms with E-state index >= 15 is 0 Å². The van der Waals surface area contributed by atoms with Crippen LogP contribution in [0.3, 0.4) is 0 Å². The minimum atomic E-state index is 0.471. The molecule has 0 unspecified atom stereocenters. The summed E-state index contributed by atoms with van der Waals surface area (Å²) in [4.78, 5) is 11.4. The quantitative estimate of drug-likeness (QED) is 0.521. The van der Waals surface area contributed by atoms with E-state index in [2.05, 4.69) is 6.92 Å². The number of rotatable bonds is 0. The van der Waals surface area contributed by atoms with Gasteiger partial charge in [0.2, 0.25) is 0 Å². The summed E-state index contributed by atoms with van der Waals surface area (Å²) in [5.74, 6) is 2.61. The molecule has 0 radical (unpaired) electrons. The highest BCUT2D eigenvalue weighted by Gasteiger charge is 2.39. The van der Waals surface area contributed by atoms with E-state index in [9.17, 15) is 4.79 Å². The lowest BCUT2D eigenvalue weighted by Gasteiger charge is -2.30. The molecule has 0 aromatic rings. The molecule has 0 amide bonds. The van der Waals surface area contributed by atoms with Gasteiger partial charge in [0.25, 0.3) is 0 Å². The third-order valence-electron chi connectivity index (χ3n) is 3.56. The highest BCUT2D eigenvalue weighted by molar-refractivity contribution is 5.83. The van der Waals surface area contributed by atoms with Crippen LogP contribution in [-0.2, 0) is 4.79 Å². The number of hydrogen-bond donors (Lipinski definition) is 0. The van der Waals surface area contributed by atoms with Crippen molar-refractivity contribution in [1.82, 2.24) is 0 Å². The Hall–Kier alpha value is -0.330. The van der Waals surface area contributed by atoms with Crippen LogP contribution in [0.5, 0.6) is 0 Å².